The van der Waals surface area contributed by atoms with Gasteiger partial charge in [-0.3, -0.25) is 0 Å². The Labute approximate surface area is 80.6 Å². The largest absolute Gasteiger partial charge is 0.496 e. The monoisotopic (exact) mass is 184 g/mol. The maximum Gasteiger partial charge on any atom is 0.0954 e. The number of hydrogen-bond acceptors (Lipinski definition) is 2. The highest BCUT2D eigenvalue weighted by atomic mass is 16.5. The van der Waals surface area contributed by atoms with E-state index in [4.69, 9.17) is 4.74 Å². The summed E-state index contributed by atoms with van der Waals surface area (Å²) in [4.78, 5) is 0. The van der Waals surface area contributed by atoms with Gasteiger partial charge in [-0.2, -0.15) is 0 Å². The van der Waals surface area contributed by atoms with Crippen molar-refractivity contribution in [3.05, 3.63) is 12.3 Å². The van der Waals surface area contributed by atoms with Crippen molar-refractivity contribution in [2.75, 3.05) is 0 Å². The van der Waals surface area contributed by atoms with Gasteiger partial charge >= 0.3 is 0 Å². The van der Waals surface area contributed by atoms with Crippen LogP contribution in [0.5, 0.6) is 0 Å². The highest BCUT2D eigenvalue weighted by molar-refractivity contribution is 4.87. The first kappa shape index (κ1) is 10.6. The normalized spacial score (nSPS) is 32.3. The van der Waals surface area contributed by atoms with Gasteiger partial charge in [0.25, 0.3) is 0 Å². The maximum atomic E-state index is 9.55. The van der Waals surface area contributed by atoms with Gasteiger partial charge in [-0.05, 0) is 26.2 Å². The average Bonchev–Trinajstić information content (AvgIpc) is 2.02. The number of rotatable bonds is 0. The lowest BCUT2D eigenvalue weighted by molar-refractivity contribution is 0.0772. The van der Waals surface area contributed by atoms with Crippen LogP contribution in [-0.2, 0) is 4.74 Å². The molecule has 0 spiro atoms. The van der Waals surface area contributed by atoms with Gasteiger partial charge in [0.05, 0.1) is 18.0 Å². The van der Waals surface area contributed by atoms with Crippen LogP contribution in [0.3, 0.4) is 0 Å². The molecule has 1 rings (SSSR count). The van der Waals surface area contributed by atoms with E-state index in [0.717, 1.165) is 25.0 Å². The molecule has 2 atom stereocenters. The maximum absolute atomic E-state index is 9.55. The van der Waals surface area contributed by atoms with Crippen molar-refractivity contribution in [3.63, 3.8) is 0 Å². The molecule has 13 heavy (non-hydrogen) atoms. The summed E-state index contributed by atoms with van der Waals surface area (Å²) in [6, 6.07) is 0. The van der Waals surface area contributed by atoms with E-state index in [1.807, 2.05) is 0 Å². The standard InChI is InChI=1S/C11H20O2/c1-9-6-4-3-5-7-11(12)8-10(2)13-9/h9,11-12H,2-8H2,1H3/t9-,11-/m1/s1. The smallest absolute Gasteiger partial charge is 0.0954 e. The zero-order valence-corrected chi connectivity index (χ0v) is 8.46. The Bertz CT molecular complexity index is 149. The average molecular weight is 184 g/mol. The van der Waals surface area contributed by atoms with Crippen molar-refractivity contribution in [2.45, 2.75) is 57.7 Å². The zero-order chi connectivity index (χ0) is 9.68. The van der Waals surface area contributed by atoms with Crippen molar-refractivity contribution >= 4 is 0 Å². The summed E-state index contributed by atoms with van der Waals surface area (Å²) in [5, 5.41) is 9.55. The molecular formula is C11H20O2. The van der Waals surface area contributed by atoms with Crippen LogP contribution in [0.2, 0.25) is 0 Å². The van der Waals surface area contributed by atoms with Gasteiger partial charge in [0.1, 0.15) is 0 Å². The number of aliphatic hydroxyl groups is 1. The summed E-state index contributed by atoms with van der Waals surface area (Å²) < 4.78 is 5.54. The van der Waals surface area contributed by atoms with Gasteiger partial charge in [-0.25, -0.2) is 0 Å². The summed E-state index contributed by atoms with van der Waals surface area (Å²) in [5.74, 6) is 0.738. The lowest BCUT2D eigenvalue weighted by Crippen LogP contribution is -2.14. The summed E-state index contributed by atoms with van der Waals surface area (Å²) in [6.07, 6.45) is 6.13. The molecule has 76 valence electrons. The van der Waals surface area contributed by atoms with Gasteiger partial charge in [0.2, 0.25) is 0 Å². The Morgan fingerprint density at radius 2 is 2.00 bits per heavy atom. The van der Waals surface area contributed by atoms with Crippen LogP contribution in [0.4, 0.5) is 0 Å². The van der Waals surface area contributed by atoms with Gasteiger partial charge in [-0.15, -0.1) is 0 Å². The van der Waals surface area contributed by atoms with Crippen molar-refractivity contribution in [1.82, 2.24) is 0 Å². The molecule has 0 aliphatic carbocycles. The lowest BCUT2D eigenvalue weighted by atomic mass is 10.0. The first-order chi connectivity index (χ1) is 6.18. The van der Waals surface area contributed by atoms with Gasteiger partial charge in [0, 0.05) is 6.42 Å². The minimum absolute atomic E-state index is 0.252. The Balaban J connectivity index is 2.39. The second-order valence-electron chi connectivity index (χ2n) is 3.96. The Hall–Kier alpha value is -0.500. The van der Waals surface area contributed by atoms with Gasteiger partial charge in [0.15, 0.2) is 0 Å². The van der Waals surface area contributed by atoms with Gasteiger partial charge in [-0.1, -0.05) is 19.4 Å². The van der Waals surface area contributed by atoms with Gasteiger partial charge < -0.3 is 9.84 Å². The molecule has 0 aromatic rings. The minimum Gasteiger partial charge on any atom is -0.496 e. The molecule has 1 saturated heterocycles. The Kier molecular flexibility index (Phi) is 4.29. The number of aliphatic hydroxyl groups excluding tert-OH is 1. The predicted octanol–water partition coefficient (Wildman–Crippen LogP) is 2.62. The molecule has 0 unspecified atom stereocenters. The van der Waals surface area contributed by atoms with E-state index in [1.165, 1.54) is 12.8 Å². The fourth-order valence-corrected chi connectivity index (χ4v) is 1.74. The van der Waals surface area contributed by atoms with E-state index in [9.17, 15) is 5.11 Å². The number of hydrogen-bond donors (Lipinski definition) is 1. The molecule has 2 heteroatoms. The van der Waals surface area contributed by atoms with Crippen molar-refractivity contribution < 1.29 is 9.84 Å². The van der Waals surface area contributed by atoms with Crippen LogP contribution in [-0.4, -0.2) is 17.3 Å². The van der Waals surface area contributed by atoms with Crippen LogP contribution in [0.15, 0.2) is 12.3 Å². The SMILES string of the molecule is C=C1C[C@H](O)CCCCC[C@@H](C)O1. The van der Waals surface area contributed by atoms with E-state index in [-0.39, 0.29) is 12.2 Å². The molecular weight excluding hydrogens is 164 g/mol. The Morgan fingerprint density at radius 3 is 2.77 bits per heavy atom. The molecule has 0 bridgehead atoms. The van der Waals surface area contributed by atoms with Crippen LogP contribution in [0, 0.1) is 0 Å². The lowest BCUT2D eigenvalue weighted by Gasteiger charge is -2.20. The first-order valence-corrected chi connectivity index (χ1v) is 5.21. The molecule has 1 heterocycles. The second kappa shape index (κ2) is 5.28. The zero-order valence-electron chi connectivity index (χ0n) is 8.46. The van der Waals surface area contributed by atoms with Crippen LogP contribution >= 0.6 is 0 Å². The minimum atomic E-state index is -0.252. The molecule has 0 saturated carbocycles. The molecule has 1 aliphatic heterocycles. The number of ether oxygens (including phenoxy) is 1. The summed E-state index contributed by atoms with van der Waals surface area (Å²) in [6.45, 7) is 5.88. The molecule has 2 nitrogen and oxygen atoms in total. The molecule has 0 aromatic heterocycles. The molecule has 0 aromatic carbocycles. The van der Waals surface area contributed by atoms with E-state index in [0.29, 0.717) is 6.42 Å². The Morgan fingerprint density at radius 1 is 1.31 bits per heavy atom. The van der Waals surface area contributed by atoms with E-state index < -0.39 is 0 Å². The second-order valence-corrected chi connectivity index (χ2v) is 3.96. The van der Waals surface area contributed by atoms with E-state index >= 15 is 0 Å². The molecule has 1 N–H and O–H groups in total. The van der Waals surface area contributed by atoms with Crippen molar-refractivity contribution in [1.29, 1.82) is 0 Å². The fourth-order valence-electron chi connectivity index (χ4n) is 1.74. The molecule has 0 radical (unpaired) electrons. The van der Waals surface area contributed by atoms with Crippen molar-refractivity contribution in [2.24, 2.45) is 0 Å². The predicted molar refractivity (Wildman–Crippen MR) is 53.4 cm³/mol. The van der Waals surface area contributed by atoms with Crippen LogP contribution in [0.1, 0.15) is 45.4 Å². The summed E-state index contributed by atoms with van der Waals surface area (Å²) in [5.41, 5.74) is 0. The summed E-state index contributed by atoms with van der Waals surface area (Å²) in [7, 11) is 0. The third-order valence-electron chi connectivity index (χ3n) is 2.48. The molecule has 1 aliphatic rings. The van der Waals surface area contributed by atoms with E-state index in [1.54, 1.807) is 0 Å². The fraction of sp³-hybridized carbons (Fsp3) is 0.818. The van der Waals surface area contributed by atoms with Crippen LogP contribution in [0.25, 0.3) is 0 Å². The highest BCUT2D eigenvalue weighted by Crippen LogP contribution is 2.18. The third-order valence-corrected chi connectivity index (χ3v) is 2.48. The van der Waals surface area contributed by atoms with Crippen LogP contribution < -0.4 is 0 Å². The highest BCUT2D eigenvalue weighted by Gasteiger charge is 2.12. The topological polar surface area (TPSA) is 29.5 Å². The third kappa shape index (κ3) is 4.32. The summed E-state index contributed by atoms with van der Waals surface area (Å²) >= 11 is 0. The quantitative estimate of drug-likeness (QED) is 0.627. The molecule has 0 amide bonds. The van der Waals surface area contributed by atoms with E-state index in [2.05, 4.69) is 13.5 Å². The van der Waals surface area contributed by atoms with Crippen molar-refractivity contribution in [3.8, 4) is 0 Å². The first-order valence-electron chi connectivity index (χ1n) is 5.21. The molecule has 1 fully saturated rings.